The molecule has 0 aromatic rings. The summed E-state index contributed by atoms with van der Waals surface area (Å²) in [5, 5.41) is 3.33. The number of hydrogen-bond acceptors (Lipinski definition) is 2. The molecule has 0 bridgehead atoms. The van der Waals surface area contributed by atoms with Crippen LogP contribution in [0.1, 0.15) is 25.7 Å². The van der Waals surface area contributed by atoms with Gasteiger partial charge in [0.2, 0.25) is 0 Å². The summed E-state index contributed by atoms with van der Waals surface area (Å²) in [6, 6.07) is 1.03. The lowest BCUT2D eigenvalue weighted by molar-refractivity contribution is 0.384. The lowest BCUT2D eigenvalue weighted by atomic mass is 9.92. The first-order valence-corrected chi connectivity index (χ1v) is 4.56. The number of nitrogens with zero attached hydrogens (tertiary/aromatic N) is 2. The van der Waals surface area contributed by atoms with Gasteiger partial charge in [0.05, 0.1) is 6.04 Å². The molecule has 1 aliphatic carbocycles. The minimum atomic E-state index is 0.438. The van der Waals surface area contributed by atoms with Crippen LogP contribution in [0.4, 0.5) is 0 Å². The van der Waals surface area contributed by atoms with E-state index in [2.05, 4.69) is 15.2 Å². The predicted molar refractivity (Wildman–Crippen MR) is 48.1 cm³/mol. The molecule has 0 saturated heterocycles. The highest BCUT2D eigenvalue weighted by atomic mass is 15.1. The van der Waals surface area contributed by atoms with E-state index in [4.69, 9.17) is 6.57 Å². The van der Waals surface area contributed by atoms with Crippen LogP contribution in [0.3, 0.4) is 0 Å². The van der Waals surface area contributed by atoms with Crippen molar-refractivity contribution in [2.24, 2.45) is 4.99 Å². The second-order valence-electron chi connectivity index (χ2n) is 3.49. The Balaban J connectivity index is 2.00. The largest absolute Gasteiger partial charge is 0.363 e. The summed E-state index contributed by atoms with van der Waals surface area (Å²) in [5.41, 5.74) is 0. The molecule has 1 saturated carbocycles. The molecule has 2 aliphatic rings. The minimum absolute atomic E-state index is 0.438. The van der Waals surface area contributed by atoms with E-state index in [1.165, 1.54) is 25.7 Å². The quantitative estimate of drug-likeness (QED) is 0.578. The average Bonchev–Trinajstić information content (AvgIpc) is 2.47. The van der Waals surface area contributed by atoms with Gasteiger partial charge in [-0.15, -0.1) is 0 Å². The normalized spacial score (nSPS) is 33.1. The lowest BCUT2D eigenvalue weighted by Crippen LogP contribution is -2.37. The molecular formula is C9H13N3. The van der Waals surface area contributed by atoms with Crippen LogP contribution in [0.15, 0.2) is 4.99 Å². The van der Waals surface area contributed by atoms with Gasteiger partial charge in [0.15, 0.2) is 5.84 Å². The van der Waals surface area contributed by atoms with Gasteiger partial charge in [-0.05, 0) is 12.8 Å². The van der Waals surface area contributed by atoms with E-state index in [0.717, 1.165) is 5.84 Å². The maximum Gasteiger partial charge on any atom is 0.270 e. The number of aliphatic imine (C=N–C) groups is 1. The summed E-state index contributed by atoms with van der Waals surface area (Å²) in [7, 11) is 0. The Labute approximate surface area is 72.7 Å². The van der Waals surface area contributed by atoms with Gasteiger partial charge in [-0.2, -0.15) is 0 Å². The van der Waals surface area contributed by atoms with Crippen LogP contribution in [0.2, 0.25) is 0 Å². The van der Waals surface area contributed by atoms with Crippen molar-refractivity contribution < 1.29 is 0 Å². The van der Waals surface area contributed by atoms with Gasteiger partial charge < -0.3 is 10.2 Å². The van der Waals surface area contributed by atoms with Crippen molar-refractivity contribution >= 4 is 5.84 Å². The third-order valence-corrected chi connectivity index (χ3v) is 2.63. The minimum Gasteiger partial charge on any atom is -0.363 e. The van der Waals surface area contributed by atoms with Gasteiger partial charge in [0.25, 0.3) is 6.54 Å². The average molecular weight is 163 g/mol. The fourth-order valence-electron chi connectivity index (χ4n) is 2.05. The van der Waals surface area contributed by atoms with Crippen LogP contribution in [0, 0.1) is 6.57 Å². The molecule has 1 fully saturated rings. The monoisotopic (exact) mass is 163 g/mol. The fraction of sp³-hybridized carbons (Fsp3) is 0.778. The summed E-state index contributed by atoms with van der Waals surface area (Å²) in [4.78, 5) is 7.82. The molecule has 3 nitrogen and oxygen atoms in total. The zero-order chi connectivity index (χ0) is 8.39. The van der Waals surface area contributed by atoms with Crippen molar-refractivity contribution in [3.8, 4) is 0 Å². The van der Waals surface area contributed by atoms with E-state index in [9.17, 15) is 0 Å². The first-order valence-electron chi connectivity index (χ1n) is 4.56. The second-order valence-corrected chi connectivity index (χ2v) is 3.49. The van der Waals surface area contributed by atoms with Crippen LogP contribution in [-0.4, -0.2) is 24.5 Å². The number of fused-ring (bicyclic) bond motifs is 1. The van der Waals surface area contributed by atoms with Gasteiger partial charge >= 0.3 is 0 Å². The van der Waals surface area contributed by atoms with Crippen molar-refractivity contribution in [3.05, 3.63) is 11.4 Å². The predicted octanol–water partition coefficient (Wildman–Crippen LogP) is 1.22. The first kappa shape index (κ1) is 7.60. The smallest absolute Gasteiger partial charge is 0.270 e. The molecule has 0 spiro atoms. The molecule has 64 valence electrons. The van der Waals surface area contributed by atoms with Gasteiger partial charge in [0, 0.05) is 6.04 Å². The van der Waals surface area contributed by atoms with E-state index in [-0.39, 0.29) is 0 Å². The van der Waals surface area contributed by atoms with E-state index in [0.29, 0.717) is 18.6 Å². The SMILES string of the molecule is [C-]#[N+]CC1=NC2CCCCC2N1. The van der Waals surface area contributed by atoms with Crippen molar-refractivity contribution in [1.29, 1.82) is 0 Å². The molecule has 2 rings (SSSR count). The zero-order valence-corrected chi connectivity index (χ0v) is 7.08. The highest BCUT2D eigenvalue weighted by Crippen LogP contribution is 2.24. The zero-order valence-electron chi connectivity index (χ0n) is 7.08. The molecule has 1 aliphatic heterocycles. The topological polar surface area (TPSA) is 28.8 Å². The summed E-state index contributed by atoms with van der Waals surface area (Å²) < 4.78 is 0. The van der Waals surface area contributed by atoms with Gasteiger partial charge in [-0.25, -0.2) is 6.57 Å². The van der Waals surface area contributed by atoms with Crippen molar-refractivity contribution in [1.82, 2.24) is 5.32 Å². The molecule has 3 heteroatoms. The Morgan fingerprint density at radius 2 is 2.33 bits per heavy atom. The standard InChI is InChI=1S/C9H13N3/c1-10-6-9-11-7-4-2-3-5-8(7)12-9/h7-8H,2-6H2,(H,11,12). The molecule has 0 aromatic heterocycles. The molecule has 0 radical (unpaired) electrons. The van der Waals surface area contributed by atoms with Crippen LogP contribution in [-0.2, 0) is 0 Å². The van der Waals surface area contributed by atoms with E-state index in [1.54, 1.807) is 0 Å². The molecule has 0 amide bonds. The number of amidine groups is 1. The van der Waals surface area contributed by atoms with Crippen molar-refractivity contribution in [2.45, 2.75) is 37.8 Å². The Morgan fingerprint density at radius 3 is 3.08 bits per heavy atom. The molecule has 2 unspecified atom stereocenters. The van der Waals surface area contributed by atoms with Crippen LogP contribution in [0.25, 0.3) is 4.85 Å². The lowest BCUT2D eigenvalue weighted by Gasteiger charge is -2.22. The summed E-state index contributed by atoms with van der Waals surface area (Å²) in [6.45, 7) is 7.17. The Hall–Kier alpha value is -1.04. The Kier molecular flexibility index (Phi) is 1.99. The number of hydrogen-bond donors (Lipinski definition) is 1. The highest BCUT2D eigenvalue weighted by Gasteiger charge is 2.31. The first-order chi connectivity index (χ1) is 5.90. The molecule has 12 heavy (non-hydrogen) atoms. The molecule has 2 atom stereocenters. The second kappa shape index (κ2) is 3.14. The van der Waals surface area contributed by atoms with Crippen molar-refractivity contribution in [3.63, 3.8) is 0 Å². The molecule has 0 aromatic carbocycles. The third kappa shape index (κ3) is 1.29. The van der Waals surface area contributed by atoms with Gasteiger partial charge in [0.1, 0.15) is 0 Å². The summed E-state index contributed by atoms with van der Waals surface area (Å²) >= 11 is 0. The third-order valence-electron chi connectivity index (χ3n) is 2.63. The van der Waals surface area contributed by atoms with Gasteiger partial charge in [-0.1, -0.05) is 12.8 Å². The maximum atomic E-state index is 6.73. The van der Waals surface area contributed by atoms with Crippen LogP contribution in [0.5, 0.6) is 0 Å². The van der Waals surface area contributed by atoms with Crippen LogP contribution >= 0.6 is 0 Å². The Morgan fingerprint density at radius 1 is 1.50 bits per heavy atom. The maximum absolute atomic E-state index is 6.73. The van der Waals surface area contributed by atoms with Crippen molar-refractivity contribution in [2.75, 3.05) is 6.54 Å². The van der Waals surface area contributed by atoms with Gasteiger partial charge in [-0.3, -0.25) is 4.99 Å². The van der Waals surface area contributed by atoms with Crippen LogP contribution < -0.4 is 5.32 Å². The summed E-state index contributed by atoms with van der Waals surface area (Å²) in [5.74, 6) is 0.918. The molecule has 1 N–H and O–H groups in total. The molecular weight excluding hydrogens is 150 g/mol. The van der Waals surface area contributed by atoms with E-state index >= 15 is 0 Å². The number of nitrogens with one attached hydrogen (secondary N) is 1. The van der Waals surface area contributed by atoms with E-state index < -0.39 is 0 Å². The highest BCUT2D eigenvalue weighted by molar-refractivity contribution is 5.87. The summed E-state index contributed by atoms with van der Waals surface area (Å²) in [6.07, 6.45) is 5.06. The van der Waals surface area contributed by atoms with E-state index in [1.807, 2.05) is 0 Å². The number of rotatable bonds is 1. The molecule has 1 heterocycles. The Bertz CT molecular complexity index is 239. The fourth-order valence-corrected chi connectivity index (χ4v) is 2.05.